The van der Waals surface area contributed by atoms with E-state index in [-0.39, 0.29) is 36.6 Å². The van der Waals surface area contributed by atoms with Crippen LogP contribution in [0.25, 0.3) is 0 Å². The Labute approximate surface area is 159 Å². The second-order valence-electron chi connectivity index (χ2n) is 6.68. The Balaban J connectivity index is 0.00000288. The third kappa shape index (κ3) is 7.46. The van der Waals surface area contributed by atoms with E-state index in [2.05, 4.69) is 10.6 Å². The Morgan fingerprint density at radius 3 is 2.52 bits per heavy atom. The van der Waals surface area contributed by atoms with Gasteiger partial charge < -0.3 is 15.4 Å². The van der Waals surface area contributed by atoms with Crippen LogP contribution >= 0.6 is 24.8 Å². The van der Waals surface area contributed by atoms with Crippen LogP contribution in [0.5, 0.6) is 0 Å². The van der Waals surface area contributed by atoms with Crippen molar-refractivity contribution in [2.24, 2.45) is 11.3 Å². The fraction of sp³-hybridized carbons (Fsp3) is 0.933. The number of rotatable bonds is 6. The molecule has 25 heavy (non-hydrogen) atoms. The molecule has 0 spiro atoms. The van der Waals surface area contributed by atoms with Gasteiger partial charge in [0.05, 0.1) is 18.6 Å². The van der Waals surface area contributed by atoms with Crippen LogP contribution in [0.3, 0.4) is 0 Å². The maximum absolute atomic E-state index is 12.6. The summed E-state index contributed by atoms with van der Waals surface area (Å²) in [5.41, 5.74) is -0.510. The third-order valence-electron chi connectivity index (χ3n) is 4.79. The van der Waals surface area contributed by atoms with Crippen LogP contribution in [0.2, 0.25) is 0 Å². The molecule has 1 atom stereocenters. The molecule has 5 nitrogen and oxygen atoms in total. The first-order valence-corrected chi connectivity index (χ1v) is 8.12. The number of nitrogens with zero attached hydrogens (tertiary/aromatic N) is 1. The summed E-state index contributed by atoms with van der Waals surface area (Å²) < 4.78 is 42.4. The van der Waals surface area contributed by atoms with E-state index in [0.717, 1.165) is 25.9 Å². The molecule has 0 bridgehead atoms. The van der Waals surface area contributed by atoms with Gasteiger partial charge in [-0.2, -0.15) is 13.2 Å². The zero-order valence-corrected chi connectivity index (χ0v) is 16.0. The van der Waals surface area contributed by atoms with Gasteiger partial charge in [-0.3, -0.25) is 9.69 Å². The van der Waals surface area contributed by atoms with E-state index in [9.17, 15) is 18.0 Å². The quantitative estimate of drug-likeness (QED) is 0.702. The van der Waals surface area contributed by atoms with Gasteiger partial charge >= 0.3 is 6.18 Å². The Morgan fingerprint density at radius 1 is 1.32 bits per heavy atom. The second-order valence-corrected chi connectivity index (χ2v) is 6.68. The lowest BCUT2D eigenvalue weighted by Crippen LogP contribution is -2.51. The predicted molar refractivity (Wildman–Crippen MR) is 94.5 cm³/mol. The standard InChI is InChI=1S/C15H26F3N3O2.2ClH/c1-23-11-14(3-5-19-6-4-14)13(22)20-8-12-2-7-21(9-12)10-15(16,17)18;;/h12,19H,2-11H2,1H3,(H,20,22);2*1H. The number of hydrogen-bond acceptors (Lipinski definition) is 4. The third-order valence-corrected chi connectivity index (χ3v) is 4.79. The highest BCUT2D eigenvalue weighted by Crippen LogP contribution is 2.30. The molecule has 2 saturated heterocycles. The lowest BCUT2D eigenvalue weighted by molar-refractivity contribution is -0.144. The summed E-state index contributed by atoms with van der Waals surface area (Å²) >= 11 is 0. The molecule has 1 amide bonds. The first-order chi connectivity index (χ1) is 10.8. The Bertz CT molecular complexity index is 402. The summed E-state index contributed by atoms with van der Waals surface area (Å²) in [6, 6.07) is 0. The van der Waals surface area contributed by atoms with Crippen LogP contribution in [0.1, 0.15) is 19.3 Å². The van der Waals surface area contributed by atoms with Crippen LogP contribution < -0.4 is 10.6 Å². The molecule has 0 saturated carbocycles. The van der Waals surface area contributed by atoms with Crippen LogP contribution in [0, 0.1) is 11.3 Å². The van der Waals surface area contributed by atoms with Crippen molar-refractivity contribution in [2.75, 3.05) is 53.0 Å². The van der Waals surface area contributed by atoms with E-state index in [1.165, 1.54) is 4.90 Å². The van der Waals surface area contributed by atoms with Crippen molar-refractivity contribution in [3.63, 3.8) is 0 Å². The average molecular weight is 410 g/mol. The van der Waals surface area contributed by atoms with Crippen LogP contribution in [-0.4, -0.2) is 70.0 Å². The summed E-state index contributed by atoms with van der Waals surface area (Å²) in [4.78, 5) is 14.0. The summed E-state index contributed by atoms with van der Waals surface area (Å²) in [6.45, 7) is 2.33. The van der Waals surface area contributed by atoms with E-state index < -0.39 is 18.1 Å². The van der Waals surface area contributed by atoms with Gasteiger partial charge in [0.1, 0.15) is 0 Å². The van der Waals surface area contributed by atoms with Gasteiger partial charge in [0, 0.05) is 20.2 Å². The minimum atomic E-state index is -4.16. The zero-order valence-electron chi connectivity index (χ0n) is 14.4. The monoisotopic (exact) mass is 409 g/mol. The lowest BCUT2D eigenvalue weighted by Gasteiger charge is -2.35. The smallest absolute Gasteiger partial charge is 0.384 e. The Morgan fingerprint density at radius 2 is 1.96 bits per heavy atom. The highest BCUT2D eigenvalue weighted by atomic mass is 35.5. The minimum absolute atomic E-state index is 0. The van der Waals surface area contributed by atoms with Crippen molar-refractivity contribution in [1.82, 2.24) is 15.5 Å². The number of ether oxygens (including phenoxy) is 1. The Kier molecular flexibility index (Phi) is 10.6. The average Bonchev–Trinajstić information content (AvgIpc) is 2.91. The highest BCUT2D eigenvalue weighted by molar-refractivity contribution is 5.85. The number of piperidine rings is 1. The minimum Gasteiger partial charge on any atom is -0.384 e. The second kappa shape index (κ2) is 10.8. The van der Waals surface area contributed by atoms with Gasteiger partial charge in [-0.15, -0.1) is 24.8 Å². The largest absolute Gasteiger partial charge is 0.401 e. The van der Waals surface area contributed by atoms with Crippen LogP contribution in [-0.2, 0) is 9.53 Å². The number of likely N-dealkylation sites (tertiary alicyclic amines) is 1. The summed E-state index contributed by atoms with van der Waals surface area (Å²) in [5, 5.41) is 6.18. The molecule has 2 rings (SSSR count). The van der Waals surface area contributed by atoms with Crippen molar-refractivity contribution in [1.29, 1.82) is 0 Å². The molecule has 10 heteroatoms. The summed E-state index contributed by atoms with van der Waals surface area (Å²) in [5.74, 6) is 0.0535. The topological polar surface area (TPSA) is 53.6 Å². The summed E-state index contributed by atoms with van der Waals surface area (Å²) in [7, 11) is 1.59. The first kappa shape index (κ1) is 24.7. The molecule has 0 aromatic carbocycles. The molecule has 2 heterocycles. The van der Waals surface area contributed by atoms with Gasteiger partial charge in [0.25, 0.3) is 0 Å². The molecule has 2 N–H and O–H groups in total. The molecular weight excluding hydrogens is 382 g/mol. The number of carbonyl (C=O) groups excluding carboxylic acids is 1. The van der Waals surface area contributed by atoms with Gasteiger partial charge in [-0.1, -0.05) is 0 Å². The number of carbonyl (C=O) groups is 1. The number of halogens is 5. The molecule has 0 aromatic heterocycles. The number of nitrogens with one attached hydrogen (secondary N) is 2. The first-order valence-electron chi connectivity index (χ1n) is 8.12. The molecule has 150 valence electrons. The number of hydrogen-bond donors (Lipinski definition) is 2. The van der Waals surface area contributed by atoms with Crippen molar-refractivity contribution in [3.05, 3.63) is 0 Å². The Hall–Kier alpha value is -0.280. The van der Waals surface area contributed by atoms with Crippen molar-refractivity contribution >= 4 is 30.7 Å². The summed E-state index contributed by atoms with van der Waals surface area (Å²) in [6.07, 6.45) is -2.03. The van der Waals surface area contributed by atoms with E-state index in [4.69, 9.17) is 4.74 Å². The molecule has 2 fully saturated rings. The van der Waals surface area contributed by atoms with E-state index in [1.807, 2.05) is 0 Å². The van der Waals surface area contributed by atoms with Gasteiger partial charge in [0.15, 0.2) is 0 Å². The normalized spacial score (nSPS) is 23.4. The zero-order chi connectivity index (χ0) is 16.9. The van der Waals surface area contributed by atoms with E-state index >= 15 is 0 Å². The lowest BCUT2D eigenvalue weighted by atomic mass is 9.78. The van der Waals surface area contributed by atoms with Gasteiger partial charge in [-0.25, -0.2) is 0 Å². The number of amides is 1. The maximum Gasteiger partial charge on any atom is 0.401 e. The van der Waals surface area contributed by atoms with Gasteiger partial charge in [-0.05, 0) is 44.8 Å². The van der Waals surface area contributed by atoms with Crippen LogP contribution in [0.4, 0.5) is 13.2 Å². The van der Waals surface area contributed by atoms with Crippen molar-refractivity contribution in [3.8, 4) is 0 Å². The molecule has 0 radical (unpaired) electrons. The molecule has 0 aromatic rings. The number of alkyl halides is 3. The predicted octanol–water partition coefficient (Wildman–Crippen LogP) is 1.85. The number of methoxy groups -OCH3 is 1. The van der Waals surface area contributed by atoms with Gasteiger partial charge in [0.2, 0.25) is 5.91 Å². The maximum atomic E-state index is 12.6. The SMILES string of the molecule is COCC1(C(=O)NCC2CCN(CC(F)(F)F)C2)CCNCC1.Cl.Cl. The van der Waals surface area contributed by atoms with E-state index in [0.29, 0.717) is 32.7 Å². The molecule has 2 aliphatic rings. The van der Waals surface area contributed by atoms with Crippen molar-refractivity contribution < 1.29 is 22.7 Å². The van der Waals surface area contributed by atoms with Crippen molar-refractivity contribution in [2.45, 2.75) is 25.4 Å². The fourth-order valence-corrected chi connectivity index (χ4v) is 3.52. The van der Waals surface area contributed by atoms with E-state index in [1.54, 1.807) is 7.11 Å². The molecule has 1 unspecified atom stereocenters. The molecule has 2 aliphatic heterocycles. The molecular formula is C15H28Cl2F3N3O2. The fourth-order valence-electron chi connectivity index (χ4n) is 3.52. The van der Waals surface area contributed by atoms with Crippen LogP contribution in [0.15, 0.2) is 0 Å². The molecule has 0 aliphatic carbocycles. The highest BCUT2D eigenvalue weighted by Gasteiger charge is 2.40.